The van der Waals surface area contributed by atoms with Gasteiger partial charge in [-0.05, 0) is 64.9 Å². The van der Waals surface area contributed by atoms with Gasteiger partial charge in [-0.2, -0.15) is 0 Å². The molecule has 0 radical (unpaired) electrons. The summed E-state index contributed by atoms with van der Waals surface area (Å²) < 4.78 is 0. The number of hydrogen-bond acceptors (Lipinski definition) is 4. The third kappa shape index (κ3) is 4.65. The standard InChI is InChI=1S/C27H25N3O2/c1-3-22(18-29(2)17-21-10-7-12-28-16-21)23-14-24-19-30(27(32)26(24)25(31)15-23)13-11-20-8-5-4-6-9-20/h4-10,12,14-16,18,31H,3,17,19H2,1-2H3/b22-18+. The second-order valence-electron chi connectivity index (χ2n) is 7.81. The number of pyridine rings is 1. The summed E-state index contributed by atoms with van der Waals surface area (Å²) in [5.74, 6) is 2.76. The maximum atomic E-state index is 12.8. The van der Waals surface area contributed by atoms with Crippen molar-refractivity contribution < 1.29 is 9.90 Å². The lowest BCUT2D eigenvalue weighted by Crippen LogP contribution is -2.17. The number of carbonyl (C=O) groups excluding carboxylic acids is 1. The van der Waals surface area contributed by atoms with E-state index in [1.165, 1.54) is 4.90 Å². The van der Waals surface area contributed by atoms with Gasteiger partial charge >= 0.3 is 0 Å². The molecule has 0 saturated heterocycles. The zero-order valence-electron chi connectivity index (χ0n) is 18.2. The highest BCUT2D eigenvalue weighted by Gasteiger charge is 2.30. The van der Waals surface area contributed by atoms with Crippen molar-refractivity contribution in [3.05, 3.63) is 101 Å². The molecule has 0 fully saturated rings. The number of benzene rings is 2. The molecule has 0 unspecified atom stereocenters. The molecular weight excluding hydrogens is 398 g/mol. The molecule has 1 aromatic heterocycles. The van der Waals surface area contributed by atoms with Crippen LogP contribution >= 0.6 is 0 Å². The Morgan fingerprint density at radius 3 is 2.75 bits per heavy atom. The van der Waals surface area contributed by atoms with Crippen molar-refractivity contribution in [3.63, 3.8) is 0 Å². The molecule has 1 N–H and O–H groups in total. The Morgan fingerprint density at radius 2 is 2.03 bits per heavy atom. The quantitative estimate of drug-likeness (QED) is 0.608. The number of carbonyl (C=O) groups is 1. The van der Waals surface area contributed by atoms with E-state index in [1.54, 1.807) is 12.3 Å². The molecule has 3 aromatic rings. The monoisotopic (exact) mass is 423 g/mol. The maximum absolute atomic E-state index is 12.8. The average Bonchev–Trinajstić information content (AvgIpc) is 3.13. The Hall–Kier alpha value is -4.04. The van der Waals surface area contributed by atoms with Crippen LogP contribution in [0.15, 0.2) is 73.2 Å². The van der Waals surface area contributed by atoms with Crippen LogP contribution < -0.4 is 0 Å². The van der Waals surface area contributed by atoms with Gasteiger partial charge in [0.1, 0.15) is 5.75 Å². The van der Waals surface area contributed by atoms with Crippen LogP contribution in [-0.4, -0.2) is 32.8 Å². The maximum Gasteiger partial charge on any atom is 0.269 e. The van der Waals surface area contributed by atoms with Crippen LogP contribution in [0.5, 0.6) is 5.75 Å². The van der Waals surface area contributed by atoms with Gasteiger partial charge < -0.3 is 10.0 Å². The van der Waals surface area contributed by atoms with Gasteiger partial charge in [-0.1, -0.05) is 31.2 Å². The van der Waals surface area contributed by atoms with Gasteiger partial charge in [0.2, 0.25) is 0 Å². The first-order chi connectivity index (χ1) is 15.5. The molecular formula is C27H25N3O2. The SMILES string of the molecule is CC/C(=C\N(C)Cc1cccnc1)c1cc(O)c2c(c1)CN(C#Cc1ccccc1)C2=O. The van der Waals surface area contributed by atoms with Gasteiger partial charge in [-0.3, -0.25) is 14.7 Å². The van der Waals surface area contributed by atoms with Crippen LogP contribution in [0.25, 0.3) is 5.57 Å². The molecule has 32 heavy (non-hydrogen) atoms. The number of rotatable bonds is 5. The molecule has 1 amide bonds. The van der Waals surface area contributed by atoms with Crippen LogP contribution in [0.4, 0.5) is 0 Å². The van der Waals surface area contributed by atoms with Gasteiger partial charge in [-0.15, -0.1) is 0 Å². The number of amides is 1. The molecule has 1 aliphatic heterocycles. The summed E-state index contributed by atoms with van der Waals surface area (Å²) in [6.45, 7) is 3.17. The predicted molar refractivity (Wildman–Crippen MR) is 125 cm³/mol. The molecule has 0 bridgehead atoms. The van der Waals surface area contributed by atoms with Crippen molar-refractivity contribution in [3.8, 4) is 17.7 Å². The zero-order chi connectivity index (χ0) is 22.5. The molecule has 0 atom stereocenters. The molecule has 0 saturated carbocycles. The molecule has 0 spiro atoms. The smallest absolute Gasteiger partial charge is 0.269 e. The highest BCUT2D eigenvalue weighted by Crippen LogP contribution is 2.34. The first-order valence-corrected chi connectivity index (χ1v) is 10.6. The third-order valence-corrected chi connectivity index (χ3v) is 5.38. The van der Waals surface area contributed by atoms with Gasteiger partial charge in [0, 0.05) is 43.8 Å². The first-order valence-electron chi connectivity index (χ1n) is 10.6. The lowest BCUT2D eigenvalue weighted by molar-refractivity contribution is 0.0852. The Balaban J connectivity index is 1.57. The first kappa shape index (κ1) is 21.2. The van der Waals surface area contributed by atoms with E-state index < -0.39 is 0 Å². The van der Waals surface area contributed by atoms with Crippen molar-refractivity contribution in [2.24, 2.45) is 0 Å². The number of aromatic hydroxyl groups is 1. The van der Waals surface area contributed by atoms with Crippen molar-refractivity contribution in [1.29, 1.82) is 0 Å². The van der Waals surface area contributed by atoms with E-state index >= 15 is 0 Å². The number of aromatic nitrogens is 1. The molecule has 5 heteroatoms. The second-order valence-corrected chi connectivity index (χ2v) is 7.81. The molecule has 2 aromatic carbocycles. The highest BCUT2D eigenvalue weighted by molar-refractivity contribution is 6.02. The highest BCUT2D eigenvalue weighted by atomic mass is 16.3. The van der Waals surface area contributed by atoms with E-state index in [4.69, 9.17) is 0 Å². The molecule has 2 heterocycles. The molecule has 4 rings (SSSR count). The summed E-state index contributed by atoms with van der Waals surface area (Å²) >= 11 is 0. The predicted octanol–water partition coefficient (Wildman–Crippen LogP) is 4.64. The van der Waals surface area contributed by atoms with Crippen LogP contribution in [0.3, 0.4) is 0 Å². The largest absolute Gasteiger partial charge is 0.507 e. The van der Waals surface area contributed by atoms with Gasteiger partial charge in [0.15, 0.2) is 0 Å². The van der Waals surface area contributed by atoms with Crippen LogP contribution in [-0.2, 0) is 13.1 Å². The minimum Gasteiger partial charge on any atom is -0.507 e. The number of phenolic OH excluding ortho intramolecular Hbond substituents is 1. The van der Waals surface area contributed by atoms with Crippen LogP contribution in [0.2, 0.25) is 0 Å². The summed E-state index contributed by atoms with van der Waals surface area (Å²) in [4.78, 5) is 20.5. The number of allylic oxidation sites excluding steroid dienone is 1. The van der Waals surface area contributed by atoms with Crippen molar-refractivity contribution >= 4 is 11.5 Å². The minimum absolute atomic E-state index is 0.000716. The fourth-order valence-corrected chi connectivity index (χ4v) is 3.82. The topological polar surface area (TPSA) is 56.7 Å². The van der Waals surface area contributed by atoms with Gasteiger partial charge in [0.25, 0.3) is 5.91 Å². The lowest BCUT2D eigenvalue weighted by Gasteiger charge is -2.17. The number of hydrogen-bond donors (Lipinski definition) is 1. The second kappa shape index (κ2) is 9.40. The minimum atomic E-state index is -0.261. The van der Waals surface area contributed by atoms with E-state index in [2.05, 4.69) is 35.0 Å². The Kier molecular flexibility index (Phi) is 6.23. The van der Waals surface area contributed by atoms with Gasteiger partial charge in [-0.25, -0.2) is 0 Å². The van der Waals surface area contributed by atoms with Crippen molar-refractivity contribution in [1.82, 2.24) is 14.8 Å². The summed E-state index contributed by atoms with van der Waals surface area (Å²) in [5, 5.41) is 10.7. The van der Waals surface area contributed by atoms with Gasteiger partial charge in [0.05, 0.1) is 12.1 Å². The number of fused-ring (bicyclic) bond motifs is 1. The van der Waals surface area contributed by atoms with Crippen LogP contribution in [0.1, 0.15) is 46.0 Å². The summed E-state index contributed by atoms with van der Waals surface area (Å²) in [5.41, 5.74) is 5.09. The number of phenols is 1. The average molecular weight is 424 g/mol. The van der Waals surface area contributed by atoms with Crippen molar-refractivity contribution in [2.45, 2.75) is 26.4 Å². The lowest BCUT2D eigenvalue weighted by atomic mass is 9.98. The number of nitrogens with zero attached hydrogens (tertiary/aromatic N) is 3. The summed E-state index contributed by atoms with van der Waals surface area (Å²) in [6.07, 6.45) is 6.49. The third-order valence-electron chi connectivity index (χ3n) is 5.38. The summed E-state index contributed by atoms with van der Waals surface area (Å²) in [7, 11) is 2.01. The van der Waals surface area contributed by atoms with E-state index in [0.717, 1.165) is 40.8 Å². The fraction of sp³-hybridized carbons (Fsp3) is 0.185. The molecule has 160 valence electrons. The molecule has 5 nitrogen and oxygen atoms in total. The normalized spacial score (nSPS) is 12.9. The Bertz CT molecular complexity index is 1210. The van der Waals surface area contributed by atoms with E-state index in [1.807, 2.05) is 61.8 Å². The Morgan fingerprint density at radius 1 is 1.22 bits per heavy atom. The Labute approximate surface area is 188 Å². The van der Waals surface area contributed by atoms with E-state index in [0.29, 0.717) is 12.1 Å². The fourth-order valence-electron chi connectivity index (χ4n) is 3.82. The van der Waals surface area contributed by atoms with E-state index in [9.17, 15) is 9.90 Å². The van der Waals surface area contributed by atoms with Crippen molar-refractivity contribution in [2.75, 3.05) is 7.05 Å². The molecule has 0 aliphatic carbocycles. The van der Waals surface area contributed by atoms with Crippen LogP contribution in [0, 0.1) is 12.0 Å². The van der Waals surface area contributed by atoms with E-state index in [-0.39, 0.29) is 11.7 Å². The zero-order valence-corrected chi connectivity index (χ0v) is 18.2. The molecule has 1 aliphatic rings. The summed E-state index contributed by atoms with van der Waals surface area (Å²) in [6, 6.07) is 20.1.